The van der Waals surface area contributed by atoms with Gasteiger partial charge in [0, 0.05) is 21.6 Å². The fourth-order valence-electron chi connectivity index (χ4n) is 4.84. The molecule has 2 aromatic carbocycles. The molecule has 4 atom stereocenters. The Kier molecular flexibility index (Phi) is 7.31. The smallest absolute Gasteiger partial charge is 0.164 e. The number of rotatable bonds is 8. The molecule has 2 saturated heterocycles. The van der Waals surface area contributed by atoms with E-state index in [9.17, 15) is 0 Å². The molecule has 0 aliphatic carbocycles. The van der Waals surface area contributed by atoms with E-state index < -0.39 is 0 Å². The number of hydrogen-bond donors (Lipinski definition) is 1. The quantitative estimate of drug-likeness (QED) is 0.408. The molecular formula is C25H28BrClN4O4. The van der Waals surface area contributed by atoms with Crippen LogP contribution in [-0.2, 0) is 9.47 Å². The lowest BCUT2D eigenvalue weighted by molar-refractivity contribution is 0.0240. The Hall–Kier alpha value is -2.17. The normalized spacial score (nSPS) is 23.6. The summed E-state index contributed by atoms with van der Waals surface area (Å²) in [6.45, 7) is 7.36. The monoisotopic (exact) mass is 562 g/mol. The maximum absolute atomic E-state index is 6.40. The van der Waals surface area contributed by atoms with E-state index in [-0.39, 0.29) is 24.4 Å². The maximum Gasteiger partial charge on any atom is 0.164 e. The van der Waals surface area contributed by atoms with Crippen molar-refractivity contribution >= 4 is 49.9 Å². The van der Waals surface area contributed by atoms with Gasteiger partial charge in [-0.25, -0.2) is 9.97 Å². The average molecular weight is 564 g/mol. The van der Waals surface area contributed by atoms with Crippen LogP contribution in [0.2, 0.25) is 5.02 Å². The summed E-state index contributed by atoms with van der Waals surface area (Å²) in [6.07, 6.45) is 1.18. The second kappa shape index (κ2) is 10.4. The van der Waals surface area contributed by atoms with Gasteiger partial charge < -0.3 is 24.3 Å². The van der Waals surface area contributed by atoms with Crippen molar-refractivity contribution in [2.75, 3.05) is 38.7 Å². The lowest BCUT2D eigenvalue weighted by Gasteiger charge is -2.28. The van der Waals surface area contributed by atoms with Crippen molar-refractivity contribution in [2.24, 2.45) is 0 Å². The van der Waals surface area contributed by atoms with Gasteiger partial charge in [-0.15, -0.1) is 0 Å². The van der Waals surface area contributed by atoms with Gasteiger partial charge in [0.25, 0.3) is 0 Å². The maximum atomic E-state index is 6.40. The van der Waals surface area contributed by atoms with Gasteiger partial charge in [0.05, 0.1) is 36.9 Å². The molecule has 0 unspecified atom stereocenters. The molecule has 2 fully saturated rings. The molecule has 5 rings (SSSR count). The third-order valence-electron chi connectivity index (χ3n) is 6.64. The highest BCUT2D eigenvalue weighted by Crippen LogP contribution is 2.38. The number of methoxy groups -OCH3 is 1. The molecule has 2 aliphatic rings. The molecule has 8 nitrogen and oxygen atoms in total. The Balaban J connectivity index is 1.39. The largest absolute Gasteiger partial charge is 0.493 e. The molecule has 3 aromatic rings. The molecule has 1 aromatic heterocycles. The molecule has 35 heavy (non-hydrogen) atoms. The summed E-state index contributed by atoms with van der Waals surface area (Å²) in [5.41, 5.74) is 1.54. The first-order valence-electron chi connectivity index (χ1n) is 11.7. The van der Waals surface area contributed by atoms with Crippen molar-refractivity contribution in [2.45, 2.75) is 38.2 Å². The number of halogens is 2. The number of aromatic nitrogens is 2. The Labute approximate surface area is 218 Å². The number of ether oxygens (including phenoxy) is 4. The van der Waals surface area contributed by atoms with E-state index in [0.717, 1.165) is 34.2 Å². The van der Waals surface area contributed by atoms with Crippen LogP contribution in [0, 0.1) is 0 Å². The first-order chi connectivity index (χ1) is 17.0. The second-order valence-corrected chi connectivity index (χ2v) is 9.80. The summed E-state index contributed by atoms with van der Waals surface area (Å²) in [5.74, 6) is 1.83. The van der Waals surface area contributed by atoms with E-state index in [0.29, 0.717) is 35.6 Å². The van der Waals surface area contributed by atoms with Crippen LogP contribution in [0.4, 0.5) is 11.5 Å². The molecular weight excluding hydrogens is 536 g/mol. The zero-order chi connectivity index (χ0) is 24.5. The van der Waals surface area contributed by atoms with Crippen molar-refractivity contribution in [3.05, 3.63) is 46.2 Å². The topological polar surface area (TPSA) is 78.0 Å². The SMILES string of the molecule is CCN(CC)[C@H]1CO[C@H]2[C@@H]1OC[C@@H]2Oc1cc2ncnc(Nc3ccc(Br)c(Cl)c3)c2cc1OC. The number of benzene rings is 2. The highest BCUT2D eigenvalue weighted by Gasteiger charge is 2.50. The molecule has 0 saturated carbocycles. The Morgan fingerprint density at radius 1 is 1.09 bits per heavy atom. The van der Waals surface area contributed by atoms with E-state index >= 15 is 0 Å². The van der Waals surface area contributed by atoms with Crippen LogP contribution < -0.4 is 14.8 Å². The summed E-state index contributed by atoms with van der Waals surface area (Å²) >= 11 is 9.67. The zero-order valence-corrected chi connectivity index (χ0v) is 22.2. The molecule has 1 N–H and O–H groups in total. The van der Waals surface area contributed by atoms with Gasteiger partial charge in [-0.2, -0.15) is 0 Å². The van der Waals surface area contributed by atoms with Gasteiger partial charge in [-0.1, -0.05) is 25.4 Å². The van der Waals surface area contributed by atoms with Crippen molar-refractivity contribution in [1.29, 1.82) is 0 Å². The Bertz CT molecular complexity index is 1210. The Morgan fingerprint density at radius 2 is 1.89 bits per heavy atom. The van der Waals surface area contributed by atoms with Crippen LogP contribution in [-0.4, -0.2) is 72.6 Å². The molecule has 3 heterocycles. The molecule has 0 amide bonds. The standard InChI is InChI=1S/C25H28BrClN4O4/c1-4-31(5-2)19-11-33-24-22(12-34-23(19)24)35-21-10-18-15(9-20(21)32-3)25(29-13-28-18)30-14-6-7-16(26)17(27)8-14/h6-10,13,19,22-24H,4-5,11-12H2,1-3H3,(H,28,29,30)/t19-,22-,23+,24+/m0/s1. The van der Waals surface area contributed by atoms with Crippen LogP contribution in [0.1, 0.15) is 13.8 Å². The first kappa shape index (κ1) is 24.5. The van der Waals surface area contributed by atoms with E-state index in [1.165, 1.54) is 6.33 Å². The number of nitrogens with zero attached hydrogens (tertiary/aromatic N) is 3. The minimum Gasteiger partial charge on any atom is -0.493 e. The average Bonchev–Trinajstić information content (AvgIpc) is 3.45. The second-order valence-electron chi connectivity index (χ2n) is 8.54. The van der Waals surface area contributed by atoms with Crippen LogP contribution in [0.15, 0.2) is 41.1 Å². The minimum absolute atomic E-state index is 0.00205. The summed E-state index contributed by atoms with van der Waals surface area (Å²) < 4.78 is 25.2. The minimum atomic E-state index is -0.226. The number of fused-ring (bicyclic) bond motifs is 2. The Morgan fingerprint density at radius 3 is 2.63 bits per heavy atom. The zero-order valence-electron chi connectivity index (χ0n) is 19.8. The third kappa shape index (κ3) is 4.80. The summed E-state index contributed by atoms with van der Waals surface area (Å²) in [4.78, 5) is 11.3. The van der Waals surface area contributed by atoms with Crippen molar-refractivity contribution in [1.82, 2.24) is 14.9 Å². The number of nitrogens with one attached hydrogen (secondary N) is 1. The highest BCUT2D eigenvalue weighted by molar-refractivity contribution is 9.10. The van der Waals surface area contributed by atoms with Crippen LogP contribution in [0.5, 0.6) is 11.5 Å². The van der Waals surface area contributed by atoms with E-state index in [1.54, 1.807) is 7.11 Å². The van der Waals surface area contributed by atoms with Crippen molar-refractivity contribution in [3.8, 4) is 11.5 Å². The van der Waals surface area contributed by atoms with Crippen LogP contribution in [0.3, 0.4) is 0 Å². The molecule has 0 bridgehead atoms. The van der Waals surface area contributed by atoms with Crippen molar-refractivity contribution < 1.29 is 18.9 Å². The van der Waals surface area contributed by atoms with Gasteiger partial charge >= 0.3 is 0 Å². The lowest BCUT2D eigenvalue weighted by Crippen LogP contribution is -2.44. The molecule has 0 radical (unpaired) electrons. The van der Waals surface area contributed by atoms with Gasteiger partial charge in [-0.3, -0.25) is 4.90 Å². The van der Waals surface area contributed by atoms with E-state index in [2.05, 4.69) is 50.0 Å². The van der Waals surface area contributed by atoms with Gasteiger partial charge in [0.2, 0.25) is 0 Å². The number of hydrogen-bond acceptors (Lipinski definition) is 8. The number of likely N-dealkylation sites (N-methyl/N-ethyl adjacent to an activating group) is 1. The lowest BCUT2D eigenvalue weighted by atomic mass is 10.1. The predicted octanol–water partition coefficient (Wildman–Crippen LogP) is 5.05. The fraction of sp³-hybridized carbons (Fsp3) is 0.440. The molecule has 0 spiro atoms. The summed E-state index contributed by atoms with van der Waals surface area (Å²) in [7, 11) is 1.62. The number of anilines is 2. The summed E-state index contributed by atoms with van der Waals surface area (Å²) in [6, 6.07) is 9.64. The van der Waals surface area contributed by atoms with E-state index in [4.69, 9.17) is 30.5 Å². The first-order valence-corrected chi connectivity index (χ1v) is 12.9. The fourth-order valence-corrected chi connectivity index (χ4v) is 5.27. The molecule has 2 aliphatic heterocycles. The van der Waals surface area contributed by atoms with Gasteiger partial charge in [0.1, 0.15) is 24.4 Å². The third-order valence-corrected chi connectivity index (χ3v) is 7.88. The molecule has 10 heteroatoms. The summed E-state index contributed by atoms with van der Waals surface area (Å²) in [5, 5.41) is 4.73. The predicted molar refractivity (Wildman–Crippen MR) is 139 cm³/mol. The highest BCUT2D eigenvalue weighted by atomic mass is 79.9. The van der Waals surface area contributed by atoms with Crippen LogP contribution >= 0.6 is 27.5 Å². The van der Waals surface area contributed by atoms with E-state index in [1.807, 2.05) is 30.3 Å². The van der Waals surface area contributed by atoms with Crippen LogP contribution in [0.25, 0.3) is 10.9 Å². The van der Waals surface area contributed by atoms with Gasteiger partial charge in [0.15, 0.2) is 17.6 Å². The van der Waals surface area contributed by atoms with Crippen molar-refractivity contribution in [3.63, 3.8) is 0 Å². The molecule has 186 valence electrons. The van der Waals surface area contributed by atoms with Gasteiger partial charge in [-0.05, 0) is 53.3 Å².